The molecule has 0 fully saturated rings. The predicted octanol–water partition coefficient (Wildman–Crippen LogP) is 2.82. The Kier molecular flexibility index (Phi) is 12.7. The van der Waals surface area contributed by atoms with E-state index in [4.69, 9.17) is 9.84 Å². The van der Waals surface area contributed by atoms with Gasteiger partial charge < -0.3 is 30.9 Å². The lowest BCUT2D eigenvalue weighted by Crippen LogP contribution is -2.60. The van der Waals surface area contributed by atoms with Gasteiger partial charge in [-0.2, -0.15) is 0 Å². The maximum Gasteiger partial charge on any atom is 0.408 e. The number of rotatable bonds is 12. The van der Waals surface area contributed by atoms with E-state index in [2.05, 4.69) is 16.0 Å². The first-order valence-electron chi connectivity index (χ1n) is 12.3. The van der Waals surface area contributed by atoms with Gasteiger partial charge in [-0.25, -0.2) is 4.79 Å². The number of alkyl carbamates (subject to hydrolysis) is 1. The highest BCUT2D eigenvalue weighted by molar-refractivity contribution is 5.92. The molecule has 0 saturated heterocycles. The summed E-state index contributed by atoms with van der Waals surface area (Å²) in [6.07, 6.45) is -1.59. The van der Waals surface area contributed by atoms with Crippen LogP contribution in [0.2, 0.25) is 0 Å². The van der Waals surface area contributed by atoms with Crippen LogP contribution in [0.5, 0.6) is 0 Å². The zero-order valence-electron chi connectivity index (χ0n) is 23.0. The fourth-order valence-corrected chi connectivity index (χ4v) is 3.45. The first-order valence-corrected chi connectivity index (χ1v) is 12.3. The Morgan fingerprint density at radius 1 is 0.886 bits per heavy atom. The molecule has 204 valence electrons. The molecule has 35 heavy (non-hydrogen) atoms. The van der Waals surface area contributed by atoms with E-state index in [1.807, 2.05) is 27.7 Å². The number of hydrogen-bond acceptors (Lipinski definition) is 6. The van der Waals surface area contributed by atoms with Crippen molar-refractivity contribution in [2.45, 2.75) is 118 Å². The van der Waals surface area contributed by atoms with Gasteiger partial charge in [0.1, 0.15) is 17.7 Å². The van der Waals surface area contributed by atoms with E-state index in [1.54, 1.807) is 41.5 Å². The van der Waals surface area contributed by atoms with Crippen LogP contribution in [0.3, 0.4) is 0 Å². The SMILES string of the molecule is CC[C@H](C)[C@H](NC(=O)[C@@H](NC(=O)OC(C)(C)C)C(C)(C)C)C(=O)N[C@@H](CC(C)C)[C@@H](O)CC(=O)O. The number of amides is 3. The third-order valence-corrected chi connectivity index (χ3v) is 5.48. The van der Waals surface area contributed by atoms with Crippen molar-refractivity contribution in [1.29, 1.82) is 0 Å². The normalized spacial score (nSPS) is 16.5. The minimum absolute atomic E-state index is 0.0867. The lowest BCUT2D eigenvalue weighted by atomic mass is 9.85. The molecule has 0 aromatic heterocycles. The number of ether oxygens (including phenoxy) is 1. The van der Waals surface area contributed by atoms with E-state index < -0.39 is 65.5 Å². The van der Waals surface area contributed by atoms with Gasteiger partial charge in [-0.1, -0.05) is 54.9 Å². The molecule has 0 rings (SSSR count). The largest absolute Gasteiger partial charge is 0.481 e. The van der Waals surface area contributed by atoms with Crippen LogP contribution in [-0.2, 0) is 19.1 Å². The quantitative estimate of drug-likeness (QED) is 0.275. The Morgan fingerprint density at radius 2 is 1.43 bits per heavy atom. The lowest BCUT2D eigenvalue weighted by Gasteiger charge is -2.34. The molecule has 0 spiro atoms. The third-order valence-electron chi connectivity index (χ3n) is 5.48. The second-order valence-electron chi connectivity index (χ2n) is 11.7. The highest BCUT2D eigenvalue weighted by Crippen LogP contribution is 2.21. The Morgan fingerprint density at radius 3 is 1.83 bits per heavy atom. The number of hydrogen-bond donors (Lipinski definition) is 5. The smallest absolute Gasteiger partial charge is 0.408 e. The van der Waals surface area contributed by atoms with Crippen LogP contribution in [0, 0.1) is 17.3 Å². The second kappa shape index (κ2) is 13.7. The van der Waals surface area contributed by atoms with Crippen LogP contribution in [0.25, 0.3) is 0 Å². The van der Waals surface area contributed by atoms with Crippen molar-refractivity contribution in [3.63, 3.8) is 0 Å². The van der Waals surface area contributed by atoms with Crippen LogP contribution in [0.4, 0.5) is 4.79 Å². The average Bonchev–Trinajstić information content (AvgIpc) is 2.65. The molecule has 0 bridgehead atoms. The summed E-state index contributed by atoms with van der Waals surface area (Å²) in [5, 5.41) is 27.6. The van der Waals surface area contributed by atoms with E-state index in [9.17, 15) is 24.3 Å². The van der Waals surface area contributed by atoms with Crippen molar-refractivity contribution in [2.24, 2.45) is 17.3 Å². The van der Waals surface area contributed by atoms with E-state index in [1.165, 1.54) is 0 Å². The highest BCUT2D eigenvalue weighted by Gasteiger charge is 2.38. The van der Waals surface area contributed by atoms with Gasteiger partial charge in [0, 0.05) is 0 Å². The maximum atomic E-state index is 13.3. The molecule has 0 aromatic rings. The molecule has 0 aliphatic carbocycles. The summed E-state index contributed by atoms with van der Waals surface area (Å²) in [6.45, 7) is 18.0. The van der Waals surface area contributed by atoms with Gasteiger partial charge in [-0.15, -0.1) is 0 Å². The van der Waals surface area contributed by atoms with Crippen LogP contribution in [0.15, 0.2) is 0 Å². The number of carbonyl (C=O) groups is 4. The van der Waals surface area contributed by atoms with E-state index in [0.29, 0.717) is 12.8 Å². The van der Waals surface area contributed by atoms with Crippen LogP contribution in [0.1, 0.15) is 88.5 Å². The fourth-order valence-electron chi connectivity index (χ4n) is 3.45. The summed E-state index contributed by atoms with van der Waals surface area (Å²) in [4.78, 5) is 50.0. The van der Waals surface area contributed by atoms with Crippen molar-refractivity contribution in [1.82, 2.24) is 16.0 Å². The van der Waals surface area contributed by atoms with Gasteiger partial charge in [-0.05, 0) is 44.4 Å². The molecular weight excluding hydrogens is 454 g/mol. The van der Waals surface area contributed by atoms with Gasteiger partial charge in [-0.3, -0.25) is 14.4 Å². The predicted molar refractivity (Wildman–Crippen MR) is 134 cm³/mol. The van der Waals surface area contributed by atoms with Crippen molar-refractivity contribution in [2.75, 3.05) is 0 Å². The number of carboxylic acids is 1. The first-order chi connectivity index (χ1) is 15.8. The Bertz CT molecular complexity index is 726. The highest BCUT2D eigenvalue weighted by atomic mass is 16.6. The molecule has 0 heterocycles. The number of aliphatic hydroxyl groups excluding tert-OH is 1. The first kappa shape index (κ1) is 32.6. The van der Waals surface area contributed by atoms with Crippen molar-refractivity contribution in [3.05, 3.63) is 0 Å². The lowest BCUT2D eigenvalue weighted by molar-refractivity contribution is -0.140. The van der Waals surface area contributed by atoms with Crippen molar-refractivity contribution >= 4 is 23.9 Å². The van der Waals surface area contributed by atoms with Gasteiger partial charge in [0.05, 0.1) is 18.6 Å². The number of carbonyl (C=O) groups excluding carboxylic acids is 3. The molecule has 0 aliphatic rings. The van der Waals surface area contributed by atoms with Crippen molar-refractivity contribution in [3.8, 4) is 0 Å². The van der Waals surface area contributed by atoms with Gasteiger partial charge in [0.2, 0.25) is 11.8 Å². The zero-order chi connectivity index (χ0) is 27.7. The number of aliphatic hydroxyl groups is 1. The fraction of sp³-hybridized carbons (Fsp3) is 0.840. The van der Waals surface area contributed by atoms with E-state index in [-0.39, 0.29) is 11.8 Å². The monoisotopic (exact) mass is 501 g/mol. The summed E-state index contributed by atoms with van der Waals surface area (Å²) >= 11 is 0. The maximum absolute atomic E-state index is 13.3. The zero-order valence-corrected chi connectivity index (χ0v) is 23.0. The molecule has 5 atom stereocenters. The molecule has 10 nitrogen and oxygen atoms in total. The standard InChI is InChI=1S/C25H47N3O7/c1-11-15(4)19(21(32)26-16(12-14(2)3)17(29)13-18(30)31)27-22(33)20(24(5,6)7)28-23(34)35-25(8,9)10/h14-17,19-20,29H,11-13H2,1-10H3,(H,26,32)(H,27,33)(H,28,34)(H,30,31)/t15-,16-,17-,19-,20+/m0/s1. The Labute approximate surface area is 209 Å². The summed E-state index contributed by atoms with van der Waals surface area (Å²) in [5.41, 5.74) is -1.43. The molecule has 0 radical (unpaired) electrons. The minimum Gasteiger partial charge on any atom is -0.481 e. The molecule has 0 unspecified atom stereocenters. The number of nitrogens with one attached hydrogen (secondary N) is 3. The van der Waals surface area contributed by atoms with Gasteiger partial charge in [0.15, 0.2) is 0 Å². The van der Waals surface area contributed by atoms with E-state index in [0.717, 1.165) is 0 Å². The third kappa shape index (κ3) is 12.8. The van der Waals surface area contributed by atoms with Crippen LogP contribution >= 0.6 is 0 Å². The molecule has 3 amide bonds. The Hall–Kier alpha value is -2.36. The summed E-state index contributed by atoms with van der Waals surface area (Å²) in [5.74, 6) is -2.42. The van der Waals surface area contributed by atoms with Crippen LogP contribution in [-0.4, -0.2) is 63.9 Å². The summed E-state index contributed by atoms with van der Waals surface area (Å²) in [7, 11) is 0. The van der Waals surface area contributed by atoms with Gasteiger partial charge in [0.25, 0.3) is 0 Å². The molecule has 0 aliphatic heterocycles. The van der Waals surface area contributed by atoms with Crippen molar-refractivity contribution < 1.29 is 34.1 Å². The summed E-state index contributed by atoms with van der Waals surface area (Å²) in [6, 6.07) is -2.73. The Balaban J connectivity index is 5.77. The summed E-state index contributed by atoms with van der Waals surface area (Å²) < 4.78 is 5.30. The number of carboxylic acid groups (broad SMARTS) is 1. The molecule has 0 saturated carbocycles. The second-order valence-corrected chi connectivity index (χ2v) is 11.7. The molecule has 0 aromatic carbocycles. The average molecular weight is 502 g/mol. The topological polar surface area (TPSA) is 154 Å². The minimum atomic E-state index is -1.27. The molecular formula is C25H47N3O7. The number of aliphatic carboxylic acids is 1. The van der Waals surface area contributed by atoms with E-state index >= 15 is 0 Å². The molecule has 5 N–H and O–H groups in total. The van der Waals surface area contributed by atoms with Gasteiger partial charge >= 0.3 is 12.1 Å². The van der Waals surface area contributed by atoms with Crippen LogP contribution < -0.4 is 16.0 Å². The molecule has 10 heteroatoms.